The molecule has 0 fully saturated rings. The van der Waals surface area contributed by atoms with Crippen molar-refractivity contribution in [2.24, 2.45) is 0 Å². The van der Waals surface area contributed by atoms with Crippen molar-refractivity contribution in [3.8, 4) is 0 Å². The lowest BCUT2D eigenvalue weighted by Gasteiger charge is -2.08. The third-order valence-electron chi connectivity index (χ3n) is 2.14. The first kappa shape index (κ1) is 8.05. The van der Waals surface area contributed by atoms with E-state index in [1.807, 2.05) is 12.1 Å². The van der Waals surface area contributed by atoms with Gasteiger partial charge in [0.2, 0.25) is 0 Å². The number of pyridine rings is 1. The molecule has 2 rings (SSSR count). The standard InChI is InChI=1S/C11H12N2/c12-11-10(7-4-8-13-11)9-5-2-1-3-6-9/h2,4-8H,1,3H2,(H2,12,13). The first-order valence-electron chi connectivity index (χ1n) is 4.45. The van der Waals surface area contributed by atoms with E-state index in [1.54, 1.807) is 6.20 Å². The molecule has 2 N–H and O–H groups in total. The zero-order chi connectivity index (χ0) is 9.10. The largest absolute Gasteiger partial charge is 0.383 e. The zero-order valence-electron chi connectivity index (χ0n) is 7.40. The first-order chi connectivity index (χ1) is 6.38. The lowest BCUT2D eigenvalue weighted by Crippen LogP contribution is -1.96. The summed E-state index contributed by atoms with van der Waals surface area (Å²) >= 11 is 0. The quantitative estimate of drug-likeness (QED) is 0.706. The molecule has 0 atom stereocenters. The van der Waals surface area contributed by atoms with Crippen molar-refractivity contribution in [1.29, 1.82) is 0 Å². The van der Waals surface area contributed by atoms with Gasteiger partial charge in [0.1, 0.15) is 5.82 Å². The topological polar surface area (TPSA) is 38.9 Å². The van der Waals surface area contributed by atoms with Crippen LogP contribution in [0.15, 0.2) is 36.6 Å². The highest BCUT2D eigenvalue weighted by molar-refractivity contribution is 5.80. The van der Waals surface area contributed by atoms with Crippen LogP contribution >= 0.6 is 0 Å². The zero-order valence-corrected chi connectivity index (χ0v) is 7.40. The SMILES string of the molecule is Nc1ncccc1C1=CCCC=C1. The number of nitrogens with two attached hydrogens (primary N) is 1. The van der Waals surface area contributed by atoms with Gasteiger partial charge in [-0.2, -0.15) is 0 Å². The molecule has 66 valence electrons. The number of allylic oxidation sites excluding steroid dienone is 4. The summed E-state index contributed by atoms with van der Waals surface area (Å²) < 4.78 is 0. The van der Waals surface area contributed by atoms with Crippen molar-refractivity contribution >= 4 is 11.4 Å². The molecule has 2 nitrogen and oxygen atoms in total. The highest BCUT2D eigenvalue weighted by atomic mass is 14.8. The van der Waals surface area contributed by atoms with E-state index in [0.29, 0.717) is 5.82 Å². The molecule has 13 heavy (non-hydrogen) atoms. The third kappa shape index (κ3) is 1.61. The van der Waals surface area contributed by atoms with Crippen molar-refractivity contribution < 1.29 is 0 Å². The van der Waals surface area contributed by atoms with Crippen molar-refractivity contribution in [2.75, 3.05) is 5.73 Å². The molecule has 0 aromatic carbocycles. The summed E-state index contributed by atoms with van der Waals surface area (Å²) in [6.07, 6.45) is 10.4. The Labute approximate surface area is 77.8 Å². The van der Waals surface area contributed by atoms with Crippen LogP contribution in [-0.2, 0) is 0 Å². The summed E-state index contributed by atoms with van der Waals surface area (Å²) in [5, 5.41) is 0. The van der Waals surface area contributed by atoms with Crippen molar-refractivity contribution in [1.82, 2.24) is 4.98 Å². The Hall–Kier alpha value is -1.57. The van der Waals surface area contributed by atoms with Gasteiger partial charge in [0.05, 0.1) is 0 Å². The highest BCUT2D eigenvalue weighted by Gasteiger charge is 2.04. The predicted molar refractivity (Wildman–Crippen MR) is 55.0 cm³/mol. The summed E-state index contributed by atoms with van der Waals surface area (Å²) in [5.74, 6) is 0.611. The Morgan fingerprint density at radius 2 is 2.23 bits per heavy atom. The van der Waals surface area contributed by atoms with Crippen LogP contribution in [0.1, 0.15) is 18.4 Å². The summed E-state index contributed by atoms with van der Waals surface area (Å²) in [6.45, 7) is 0. The Kier molecular flexibility index (Phi) is 2.13. The maximum absolute atomic E-state index is 5.77. The van der Waals surface area contributed by atoms with Gasteiger partial charge in [-0.1, -0.05) is 18.2 Å². The van der Waals surface area contributed by atoms with Crippen molar-refractivity contribution in [2.45, 2.75) is 12.8 Å². The van der Waals surface area contributed by atoms with Gasteiger partial charge < -0.3 is 5.73 Å². The molecular formula is C11H12N2. The summed E-state index contributed by atoms with van der Waals surface area (Å²) in [7, 11) is 0. The molecule has 1 heterocycles. The van der Waals surface area contributed by atoms with Gasteiger partial charge in [-0.3, -0.25) is 0 Å². The van der Waals surface area contributed by atoms with Crippen molar-refractivity contribution in [3.05, 3.63) is 42.1 Å². The molecule has 1 aliphatic carbocycles. The molecule has 0 aliphatic heterocycles. The van der Waals surface area contributed by atoms with Gasteiger partial charge in [-0.25, -0.2) is 4.98 Å². The van der Waals surface area contributed by atoms with Gasteiger partial charge in [-0.05, 0) is 30.5 Å². The monoisotopic (exact) mass is 172 g/mol. The second-order valence-electron chi connectivity index (χ2n) is 3.08. The van der Waals surface area contributed by atoms with Crippen LogP contribution < -0.4 is 5.73 Å². The van der Waals surface area contributed by atoms with Crippen LogP contribution in [0.4, 0.5) is 5.82 Å². The Balaban J connectivity index is 2.40. The van der Waals surface area contributed by atoms with Crippen LogP contribution in [-0.4, -0.2) is 4.98 Å². The van der Waals surface area contributed by atoms with Gasteiger partial charge >= 0.3 is 0 Å². The molecule has 1 aromatic rings. The molecule has 0 amide bonds. The summed E-state index contributed by atoms with van der Waals surface area (Å²) in [4.78, 5) is 4.06. The number of nitrogen functional groups attached to an aromatic ring is 1. The number of nitrogens with zero attached hydrogens (tertiary/aromatic N) is 1. The number of anilines is 1. The number of rotatable bonds is 1. The molecular weight excluding hydrogens is 160 g/mol. The maximum Gasteiger partial charge on any atom is 0.131 e. The number of hydrogen-bond acceptors (Lipinski definition) is 2. The van der Waals surface area contributed by atoms with Crippen LogP contribution in [0, 0.1) is 0 Å². The number of aromatic nitrogens is 1. The molecule has 0 unspecified atom stereocenters. The fourth-order valence-corrected chi connectivity index (χ4v) is 1.47. The minimum atomic E-state index is 0.611. The second kappa shape index (κ2) is 3.44. The van der Waals surface area contributed by atoms with E-state index in [4.69, 9.17) is 5.73 Å². The van der Waals surface area contributed by atoms with Gasteiger partial charge in [0.25, 0.3) is 0 Å². The van der Waals surface area contributed by atoms with E-state index < -0.39 is 0 Å². The lowest BCUT2D eigenvalue weighted by molar-refractivity contribution is 1.04. The Bertz CT molecular complexity index is 364. The van der Waals surface area contributed by atoms with Crippen LogP contribution in [0.2, 0.25) is 0 Å². The predicted octanol–water partition coefficient (Wildman–Crippen LogP) is 2.40. The normalized spacial score (nSPS) is 15.5. The van der Waals surface area contributed by atoms with Crippen molar-refractivity contribution in [3.63, 3.8) is 0 Å². The molecule has 0 saturated carbocycles. The van der Waals surface area contributed by atoms with Crippen LogP contribution in [0.5, 0.6) is 0 Å². The fraction of sp³-hybridized carbons (Fsp3) is 0.182. The minimum absolute atomic E-state index is 0.611. The Morgan fingerprint density at radius 1 is 1.31 bits per heavy atom. The molecule has 1 aliphatic rings. The van der Waals surface area contributed by atoms with Gasteiger partial charge in [-0.15, -0.1) is 0 Å². The van der Waals surface area contributed by atoms with Crippen LogP contribution in [0.3, 0.4) is 0 Å². The maximum atomic E-state index is 5.77. The summed E-state index contributed by atoms with van der Waals surface area (Å²) in [5.41, 5.74) is 8.00. The molecule has 0 spiro atoms. The lowest BCUT2D eigenvalue weighted by atomic mass is 10.0. The fourth-order valence-electron chi connectivity index (χ4n) is 1.47. The average molecular weight is 172 g/mol. The van der Waals surface area contributed by atoms with E-state index >= 15 is 0 Å². The summed E-state index contributed by atoms with van der Waals surface area (Å²) in [6, 6.07) is 3.92. The average Bonchev–Trinajstić information content (AvgIpc) is 2.20. The first-order valence-corrected chi connectivity index (χ1v) is 4.45. The highest BCUT2D eigenvalue weighted by Crippen LogP contribution is 2.24. The van der Waals surface area contributed by atoms with Gasteiger partial charge in [0.15, 0.2) is 0 Å². The van der Waals surface area contributed by atoms with Gasteiger partial charge in [0, 0.05) is 11.8 Å². The Morgan fingerprint density at radius 3 is 2.92 bits per heavy atom. The van der Waals surface area contributed by atoms with E-state index in [9.17, 15) is 0 Å². The smallest absolute Gasteiger partial charge is 0.131 e. The molecule has 1 aromatic heterocycles. The number of hydrogen-bond donors (Lipinski definition) is 1. The van der Waals surface area contributed by atoms with E-state index in [-0.39, 0.29) is 0 Å². The minimum Gasteiger partial charge on any atom is -0.383 e. The molecule has 2 heteroatoms. The molecule has 0 radical (unpaired) electrons. The third-order valence-corrected chi connectivity index (χ3v) is 2.14. The molecule has 0 saturated heterocycles. The van der Waals surface area contributed by atoms with E-state index in [0.717, 1.165) is 18.4 Å². The van der Waals surface area contributed by atoms with E-state index in [1.165, 1.54) is 5.57 Å². The molecule has 0 bridgehead atoms. The van der Waals surface area contributed by atoms with Crippen LogP contribution in [0.25, 0.3) is 5.57 Å². The van der Waals surface area contributed by atoms with E-state index in [2.05, 4.69) is 23.2 Å². The second-order valence-corrected chi connectivity index (χ2v) is 3.08.